The van der Waals surface area contributed by atoms with E-state index in [9.17, 15) is 0 Å². The SMILES string of the molecule is Cc1cc2c(o1)CC(C)(C)C[C@@H]2Nc1ncnc2c1cnn2CCO. The van der Waals surface area contributed by atoms with E-state index >= 15 is 0 Å². The lowest BCUT2D eigenvalue weighted by atomic mass is 9.74. The first-order chi connectivity index (χ1) is 12.0. The van der Waals surface area contributed by atoms with Crippen LogP contribution in [0.3, 0.4) is 0 Å². The Morgan fingerprint density at radius 2 is 2.24 bits per heavy atom. The number of aliphatic hydroxyl groups is 1. The summed E-state index contributed by atoms with van der Waals surface area (Å²) in [5.74, 6) is 2.77. The number of aliphatic hydroxyl groups excluding tert-OH is 1. The molecule has 1 atom stereocenters. The summed E-state index contributed by atoms with van der Waals surface area (Å²) in [6.45, 7) is 6.96. The molecule has 0 spiro atoms. The van der Waals surface area contributed by atoms with Crippen molar-refractivity contribution in [2.45, 2.75) is 46.2 Å². The molecule has 0 saturated carbocycles. The van der Waals surface area contributed by atoms with Gasteiger partial charge in [-0.15, -0.1) is 0 Å². The highest BCUT2D eigenvalue weighted by Crippen LogP contribution is 2.43. The highest BCUT2D eigenvalue weighted by Gasteiger charge is 2.35. The van der Waals surface area contributed by atoms with E-state index in [2.05, 4.69) is 40.3 Å². The van der Waals surface area contributed by atoms with E-state index in [0.717, 1.165) is 41.2 Å². The number of hydrogen-bond donors (Lipinski definition) is 2. The minimum atomic E-state index is 0.0258. The fourth-order valence-corrected chi connectivity index (χ4v) is 3.74. The third-order valence-electron chi connectivity index (χ3n) is 4.79. The molecule has 1 aliphatic carbocycles. The second kappa shape index (κ2) is 5.84. The number of hydrogen-bond acceptors (Lipinski definition) is 6. The van der Waals surface area contributed by atoms with E-state index in [0.29, 0.717) is 6.54 Å². The molecule has 1 aliphatic rings. The molecule has 3 aromatic rings. The maximum atomic E-state index is 9.17. The molecular formula is C18H23N5O2. The monoisotopic (exact) mass is 341 g/mol. The molecular weight excluding hydrogens is 318 g/mol. The average Bonchev–Trinajstić information content (AvgIpc) is 3.11. The van der Waals surface area contributed by atoms with Crippen LogP contribution in [0.25, 0.3) is 11.0 Å². The summed E-state index contributed by atoms with van der Waals surface area (Å²) >= 11 is 0. The molecule has 0 fully saturated rings. The van der Waals surface area contributed by atoms with Crippen LogP contribution >= 0.6 is 0 Å². The summed E-state index contributed by atoms with van der Waals surface area (Å²) in [6, 6.07) is 2.26. The third-order valence-corrected chi connectivity index (χ3v) is 4.79. The lowest BCUT2D eigenvalue weighted by Gasteiger charge is -2.35. The van der Waals surface area contributed by atoms with Gasteiger partial charge in [0.15, 0.2) is 5.65 Å². The van der Waals surface area contributed by atoms with Crippen LogP contribution in [0.5, 0.6) is 0 Å². The Balaban J connectivity index is 1.71. The van der Waals surface area contributed by atoms with E-state index in [1.54, 1.807) is 10.9 Å². The van der Waals surface area contributed by atoms with Crippen LogP contribution in [0.4, 0.5) is 5.82 Å². The van der Waals surface area contributed by atoms with E-state index in [-0.39, 0.29) is 18.1 Å². The van der Waals surface area contributed by atoms with Crippen LogP contribution in [0, 0.1) is 12.3 Å². The number of aryl methyl sites for hydroxylation is 1. The molecule has 0 saturated heterocycles. The van der Waals surface area contributed by atoms with Gasteiger partial charge in [-0.2, -0.15) is 5.10 Å². The number of fused-ring (bicyclic) bond motifs is 2. The van der Waals surface area contributed by atoms with Gasteiger partial charge < -0.3 is 14.8 Å². The van der Waals surface area contributed by atoms with Crippen molar-refractivity contribution >= 4 is 16.9 Å². The standard InChI is InChI=1S/C18H23N5O2/c1-11-6-12-14(7-18(2,3)8-15(12)25-11)22-16-13-9-21-23(4-5-24)17(13)20-10-19-16/h6,9-10,14,24H,4-5,7-8H2,1-3H3,(H,19,20,22)/t14-/m0/s1. The van der Waals surface area contributed by atoms with Crippen molar-refractivity contribution in [3.63, 3.8) is 0 Å². The minimum Gasteiger partial charge on any atom is -0.466 e. The predicted molar refractivity (Wildman–Crippen MR) is 94.3 cm³/mol. The summed E-state index contributed by atoms with van der Waals surface area (Å²) in [4.78, 5) is 8.74. The number of aromatic nitrogens is 4. The molecule has 0 amide bonds. The maximum absolute atomic E-state index is 9.17. The Morgan fingerprint density at radius 3 is 3.04 bits per heavy atom. The Labute approximate surface area is 146 Å². The number of furan rings is 1. The molecule has 0 unspecified atom stereocenters. The second-order valence-electron chi connectivity index (χ2n) is 7.53. The summed E-state index contributed by atoms with van der Waals surface area (Å²) in [5.41, 5.74) is 2.10. The zero-order valence-corrected chi connectivity index (χ0v) is 14.8. The minimum absolute atomic E-state index is 0.0258. The Kier molecular flexibility index (Phi) is 3.76. The lowest BCUT2D eigenvalue weighted by Crippen LogP contribution is -2.28. The molecule has 2 N–H and O–H groups in total. The van der Waals surface area contributed by atoms with Crippen LogP contribution in [0.15, 0.2) is 23.0 Å². The molecule has 3 heterocycles. The third kappa shape index (κ3) is 2.89. The second-order valence-corrected chi connectivity index (χ2v) is 7.53. The summed E-state index contributed by atoms with van der Waals surface area (Å²) < 4.78 is 7.61. The zero-order valence-electron chi connectivity index (χ0n) is 14.8. The van der Waals surface area contributed by atoms with Crippen LogP contribution in [-0.2, 0) is 13.0 Å². The maximum Gasteiger partial charge on any atom is 0.163 e. The molecule has 0 radical (unpaired) electrons. The first-order valence-corrected chi connectivity index (χ1v) is 8.60. The average molecular weight is 341 g/mol. The summed E-state index contributed by atoms with van der Waals surface area (Å²) in [5, 5.41) is 17.9. The van der Waals surface area contributed by atoms with Gasteiger partial charge in [0.1, 0.15) is 23.7 Å². The number of rotatable bonds is 4. The van der Waals surface area contributed by atoms with Gasteiger partial charge in [0.25, 0.3) is 0 Å². The van der Waals surface area contributed by atoms with Crippen molar-refractivity contribution in [2.75, 3.05) is 11.9 Å². The Bertz CT molecular complexity index is 911. The van der Waals surface area contributed by atoms with Gasteiger partial charge in [-0.25, -0.2) is 14.6 Å². The highest BCUT2D eigenvalue weighted by atomic mass is 16.3. The molecule has 4 rings (SSSR count). The zero-order chi connectivity index (χ0) is 17.6. The molecule has 0 bridgehead atoms. The van der Waals surface area contributed by atoms with Gasteiger partial charge in [0, 0.05) is 12.0 Å². The van der Waals surface area contributed by atoms with E-state index in [1.165, 1.54) is 11.9 Å². The lowest BCUT2D eigenvalue weighted by molar-refractivity contribution is 0.261. The van der Waals surface area contributed by atoms with E-state index in [1.807, 2.05) is 6.92 Å². The van der Waals surface area contributed by atoms with Crippen molar-refractivity contribution in [1.29, 1.82) is 0 Å². The largest absolute Gasteiger partial charge is 0.466 e. The van der Waals surface area contributed by atoms with E-state index < -0.39 is 0 Å². The molecule has 7 heteroatoms. The topological polar surface area (TPSA) is 89.0 Å². The fraction of sp³-hybridized carbons (Fsp3) is 0.500. The van der Waals surface area contributed by atoms with Crippen LogP contribution in [0.1, 0.15) is 43.4 Å². The highest BCUT2D eigenvalue weighted by molar-refractivity contribution is 5.86. The molecule has 25 heavy (non-hydrogen) atoms. The van der Waals surface area contributed by atoms with Crippen molar-refractivity contribution in [2.24, 2.45) is 5.41 Å². The first kappa shape index (κ1) is 16.1. The predicted octanol–water partition coefficient (Wildman–Crippen LogP) is 2.85. The van der Waals surface area contributed by atoms with Crippen LogP contribution in [-0.4, -0.2) is 31.5 Å². The van der Waals surface area contributed by atoms with Gasteiger partial charge in [-0.05, 0) is 24.8 Å². The van der Waals surface area contributed by atoms with Gasteiger partial charge >= 0.3 is 0 Å². The molecule has 7 nitrogen and oxygen atoms in total. The van der Waals surface area contributed by atoms with Crippen LogP contribution in [0.2, 0.25) is 0 Å². The normalized spacial score (nSPS) is 19.1. The molecule has 0 aliphatic heterocycles. The van der Waals surface area contributed by atoms with Gasteiger partial charge in [-0.1, -0.05) is 13.8 Å². The quantitative estimate of drug-likeness (QED) is 0.758. The van der Waals surface area contributed by atoms with Crippen molar-refractivity contribution in [3.8, 4) is 0 Å². The molecule has 3 aromatic heterocycles. The number of anilines is 1. The van der Waals surface area contributed by atoms with Crippen molar-refractivity contribution in [1.82, 2.24) is 19.7 Å². The Morgan fingerprint density at radius 1 is 1.40 bits per heavy atom. The molecule has 0 aromatic carbocycles. The smallest absolute Gasteiger partial charge is 0.163 e. The van der Waals surface area contributed by atoms with Crippen molar-refractivity contribution in [3.05, 3.63) is 35.7 Å². The van der Waals surface area contributed by atoms with E-state index in [4.69, 9.17) is 9.52 Å². The Hall–Kier alpha value is -2.41. The van der Waals surface area contributed by atoms with Crippen molar-refractivity contribution < 1.29 is 9.52 Å². The fourth-order valence-electron chi connectivity index (χ4n) is 3.74. The number of nitrogens with one attached hydrogen (secondary N) is 1. The number of nitrogens with zero attached hydrogens (tertiary/aromatic N) is 4. The van der Waals surface area contributed by atoms with Crippen LogP contribution < -0.4 is 5.32 Å². The summed E-state index contributed by atoms with van der Waals surface area (Å²) in [7, 11) is 0. The van der Waals surface area contributed by atoms with Gasteiger partial charge in [0.2, 0.25) is 0 Å². The first-order valence-electron chi connectivity index (χ1n) is 8.60. The van der Waals surface area contributed by atoms with Gasteiger partial charge in [-0.3, -0.25) is 0 Å². The summed E-state index contributed by atoms with van der Waals surface area (Å²) in [6.07, 6.45) is 5.23. The molecule has 132 valence electrons. The van der Waals surface area contributed by atoms with Gasteiger partial charge in [0.05, 0.1) is 30.8 Å².